The monoisotopic (exact) mass is 356 g/mol. The molecule has 1 saturated heterocycles. The van der Waals surface area contributed by atoms with Gasteiger partial charge in [0.15, 0.2) is 11.5 Å². The Balaban J connectivity index is 1.98. The molecule has 5 nitrogen and oxygen atoms in total. The zero-order chi connectivity index (χ0) is 15.2. The maximum atomic E-state index is 11.3. The van der Waals surface area contributed by atoms with Crippen molar-refractivity contribution in [1.82, 2.24) is 0 Å². The van der Waals surface area contributed by atoms with Gasteiger partial charge in [0.1, 0.15) is 0 Å². The number of hydrogen-bond acceptors (Lipinski definition) is 4. The van der Waals surface area contributed by atoms with Gasteiger partial charge in [-0.05, 0) is 41.8 Å². The van der Waals surface area contributed by atoms with Gasteiger partial charge in [-0.3, -0.25) is 0 Å². The van der Waals surface area contributed by atoms with Crippen molar-refractivity contribution in [3.8, 4) is 11.5 Å². The maximum absolute atomic E-state index is 11.3. The van der Waals surface area contributed by atoms with Gasteiger partial charge < -0.3 is 19.3 Å². The number of ether oxygens (including phenoxy) is 3. The molecule has 1 N–H and O–H groups in total. The minimum atomic E-state index is -0.973. The molecule has 0 amide bonds. The van der Waals surface area contributed by atoms with Crippen LogP contribution in [0.4, 0.5) is 0 Å². The smallest absolute Gasteiger partial charge is 0.336 e. The van der Waals surface area contributed by atoms with E-state index in [0.717, 1.165) is 12.8 Å². The van der Waals surface area contributed by atoms with Gasteiger partial charge in [0, 0.05) is 31.6 Å². The summed E-state index contributed by atoms with van der Waals surface area (Å²) in [5.74, 6) is -0.406. The van der Waals surface area contributed by atoms with Crippen LogP contribution >= 0.6 is 15.9 Å². The summed E-state index contributed by atoms with van der Waals surface area (Å²) < 4.78 is 18.1. The number of rotatable bonds is 2. The molecule has 21 heavy (non-hydrogen) atoms. The molecule has 1 aromatic carbocycles. The summed E-state index contributed by atoms with van der Waals surface area (Å²) in [6.45, 7) is 5.05. The molecule has 1 aromatic rings. The van der Waals surface area contributed by atoms with Crippen LogP contribution in [0.3, 0.4) is 0 Å². The summed E-state index contributed by atoms with van der Waals surface area (Å²) in [6, 6.07) is 1.57. The zero-order valence-corrected chi connectivity index (χ0v) is 13.5. The first-order valence-corrected chi connectivity index (χ1v) is 7.74. The molecule has 0 radical (unpaired) electrons. The highest BCUT2D eigenvalue weighted by Crippen LogP contribution is 2.50. The number of fused-ring (bicyclic) bond motifs is 1. The van der Waals surface area contributed by atoms with Crippen LogP contribution in [0.2, 0.25) is 0 Å². The van der Waals surface area contributed by atoms with Crippen LogP contribution in [0.1, 0.15) is 35.7 Å². The minimum Gasteiger partial charge on any atom is -0.478 e. The Morgan fingerprint density at radius 1 is 1.33 bits per heavy atom. The lowest BCUT2D eigenvalue weighted by Crippen LogP contribution is -2.45. The van der Waals surface area contributed by atoms with E-state index < -0.39 is 11.8 Å². The SMILES string of the molecule is Cc1c(C(=O)O)cc(Br)c2c1OC(C)(C1CCOCC1)O2. The second-order valence-electron chi connectivity index (χ2n) is 5.60. The summed E-state index contributed by atoms with van der Waals surface area (Å²) in [5.41, 5.74) is 0.817. The van der Waals surface area contributed by atoms with E-state index in [1.165, 1.54) is 0 Å². The lowest BCUT2D eigenvalue weighted by molar-refractivity contribution is -0.136. The summed E-state index contributed by atoms with van der Waals surface area (Å²) in [5, 5.41) is 9.27. The third-order valence-corrected chi connectivity index (χ3v) is 4.83. The van der Waals surface area contributed by atoms with E-state index >= 15 is 0 Å². The van der Waals surface area contributed by atoms with Gasteiger partial charge in [0.2, 0.25) is 0 Å². The fourth-order valence-electron chi connectivity index (χ4n) is 2.96. The van der Waals surface area contributed by atoms with Crippen LogP contribution in [0, 0.1) is 12.8 Å². The molecule has 6 heteroatoms. The fourth-order valence-corrected chi connectivity index (χ4v) is 3.45. The lowest BCUT2D eigenvalue weighted by atomic mass is 9.92. The van der Waals surface area contributed by atoms with Crippen molar-refractivity contribution >= 4 is 21.9 Å². The van der Waals surface area contributed by atoms with Gasteiger partial charge in [-0.15, -0.1) is 0 Å². The van der Waals surface area contributed by atoms with Crippen LogP contribution in [-0.4, -0.2) is 30.1 Å². The molecule has 0 bridgehead atoms. The number of halogens is 1. The first kappa shape index (κ1) is 14.7. The standard InChI is InChI=1S/C15H17BrO5/c1-8-10(14(17)18)7-11(16)13-12(8)20-15(2,21-13)9-3-5-19-6-4-9/h7,9H,3-6H2,1-2H3,(H,17,18). The van der Waals surface area contributed by atoms with E-state index in [0.29, 0.717) is 34.7 Å². The first-order chi connectivity index (χ1) is 9.92. The molecule has 0 aromatic heterocycles. The molecule has 2 heterocycles. The number of carboxylic acids is 1. The van der Waals surface area contributed by atoms with Crippen LogP contribution in [0.25, 0.3) is 0 Å². The molecule has 0 aliphatic carbocycles. The van der Waals surface area contributed by atoms with Crippen LogP contribution < -0.4 is 9.47 Å². The first-order valence-electron chi connectivity index (χ1n) is 6.94. The van der Waals surface area contributed by atoms with E-state index in [1.807, 2.05) is 6.92 Å². The van der Waals surface area contributed by atoms with Gasteiger partial charge in [-0.25, -0.2) is 4.79 Å². The Morgan fingerprint density at radius 3 is 2.57 bits per heavy atom. The Morgan fingerprint density at radius 2 is 1.95 bits per heavy atom. The predicted molar refractivity (Wildman–Crippen MR) is 79.0 cm³/mol. The second kappa shape index (κ2) is 5.18. The number of aromatic carboxylic acids is 1. The number of benzene rings is 1. The quantitative estimate of drug-likeness (QED) is 0.879. The average molecular weight is 357 g/mol. The molecule has 0 spiro atoms. The van der Waals surface area contributed by atoms with E-state index in [1.54, 1.807) is 13.0 Å². The normalized spacial score (nSPS) is 25.1. The molecule has 2 aliphatic rings. The molecule has 3 rings (SSSR count). The Hall–Kier alpha value is -1.27. The topological polar surface area (TPSA) is 65.0 Å². The Labute approximate surface area is 131 Å². The molecule has 2 aliphatic heterocycles. The van der Waals surface area contributed by atoms with Crippen molar-refractivity contribution in [3.05, 3.63) is 21.7 Å². The van der Waals surface area contributed by atoms with Crippen molar-refractivity contribution in [3.63, 3.8) is 0 Å². The van der Waals surface area contributed by atoms with E-state index in [4.69, 9.17) is 14.2 Å². The van der Waals surface area contributed by atoms with E-state index in [9.17, 15) is 9.90 Å². The summed E-state index contributed by atoms with van der Waals surface area (Å²) in [4.78, 5) is 11.3. The third-order valence-electron chi connectivity index (χ3n) is 4.24. The molecular formula is C15H17BrO5. The van der Waals surface area contributed by atoms with E-state index in [2.05, 4.69) is 15.9 Å². The maximum Gasteiger partial charge on any atom is 0.336 e. The number of carboxylic acid groups (broad SMARTS) is 1. The van der Waals surface area contributed by atoms with Crippen molar-refractivity contribution in [1.29, 1.82) is 0 Å². The summed E-state index contributed by atoms with van der Waals surface area (Å²) in [7, 11) is 0. The molecule has 0 saturated carbocycles. The average Bonchev–Trinajstić information content (AvgIpc) is 2.84. The summed E-state index contributed by atoms with van der Waals surface area (Å²) >= 11 is 3.38. The van der Waals surface area contributed by atoms with Gasteiger partial charge in [0.25, 0.3) is 5.79 Å². The number of carbonyl (C=O) groups is 1. The molecule has 1 fully saturated rings. The van der Waals surface area contributed by atoms with Crippen molar-refractivity contribution in [2.45, 2.75) is 32.5 Å². The van der Waals surface area contributed by atoms with Crippen molar-refractivity contribution in [2.75, 3.05) is 13.2 Å². The largest absolute Gasteiger partial charge is 0.478 e. The van der Waals surface area contributed by atoms with Gasteiger partial charge in [0.05, 0.1) is 10.0 Å². The van der Waals surface area contributed by atoms with Gasteiger partial charge in [-0.2, -0.15) is 0 Å². The molecular weight excluding hydrogens is 340 g/mol. The lowest BCUT2D eigenvalue weighted by Gasteiger charge is -2.34. The third kappa shape index (κ3) is 2.40. The van der Waals surface area contributed by atoms with Gasteiger partial charge >= 0.3 is 5.97 Å². The highest BCUT2D eigenvalue weighted by molar-refractivity contribution is 9.10. The fraction of sp³-hybridized carbons (Fsp3) is 0.533. The second-order valence-corrected chi connectivity index (χ2v) is 6.46. The van der Waals surface area contributed by atoms with E-state index in [-0.39, 0.29) is 11.5 Å². The zero-order valence-electron chi connectivity index (χ0n) is 11.9. The van der Waals surface area contributed by atoms with Crippen molar-refractivity contribution in [2.24, 2.45) is 5.92 Å². The summed E-state index contributed by atoms with van der Waals surface area (Å²) in [6.07, 6.45) is 1.74. The predicted octanol–water partition coefficient (Wildman–Crippen LogP) is 3.37. The van der Waals surface area contributed by atoms with Crippen molar-refractivity contribution < 1.29 is 24.1 Å². The minimum absolute atomic E-state index is 0.221. The molecule has 1 atom stereocenters. The Kier molecular flexibility index (Phi) is 3.61. The Bertz CT molecular complexity index is 594. The number of hydrogen-bond donors (Lipinski definition) is 1. The van der Waals surface area contributed by atoms with Crippen LogP contribution in [-0.2, 0) is 4.74 Å². The van der Waals surface area contributed by atoms with Crippen LogP contribution in [0.5, 0.6) is 11.5 Å². The van der Waals surface area contributed by atoms with Crippen LogP contribution in [0.15, 0.2) is 10.5 Å². The highest BCUT2D eigenvalue weighted by atomic mass is 79.9. The van der Waals surface area contributed by atoms with Gasteiger partial charge in [-0.1, -0.05) is 0 Å². The highest BCUT2D eigenvalue weighted by Gasteiger charge is 2.46. The molecule has 114 valence electrons. The molecule has 1 unspecified atom stereocenters.